The number of benzene rings is 2. The Hall–Kier alpha value is -4.29. The maximum atomic E-state index is 14.9. The van der Waals surface area contributed by atoms with Crippen LogP contribution in [0.15, 0.2) is 66.9 Å². The third-order valence-corrected chi connectivity index (χ3v) is 8.07. The highest BCUT2D eigenvalue weighted by Crippen LogP contribution is 2.29. The Kier molecular flexibility index (Phi) is 7.81. The number of amides is 1. The molecule has 1 amide bonds. The van der Waals surface area contributed by atoms with Crippen LogP contribution in [0.1, 0.15) is 41.6 Å². The third-order valence-electron chi connectivity index (χ3n) is 6.82. The molecule has 0 spiro atoms. The number of aromatic nitrogens is 2. The maximum absolute atomic E-state index is 14.9. The molecule has 12 heteroatoms. The minimum Gasteiger partial charge on any atom is -0.365 e. The molecule has 0 radical (unpaired) electrons. The zero-order chi connectivity index (χ0) is 28.3. The van der Waals surface area contributed by atoms with Crippen LogP contribution < -0.4 is 26.8 Å². The Morgan fingerprint density at radius 1 is 1.02 bits per heavy atom. The summed E-state index contributed by atoms with van der Waals surface area (Å²) in [4.78, 5) is 20.9. The van der Waals surface area contributed by atoms with E-state index >= 15 is 0 Å². The number of halogens is 1. The van der Waals surface area contributed by atoms with Gasteiger partial charge in [-0.25, -0.2) is 17.8 Å². The molecule has 1 aliphatic carbocycles. The van der Waals surface area contributed by atoms with Crippen LogP contribution >= 0.6 is 0 Å². The lowest BCUT2D eigenvalue weighted by Crippen LogP contribution is -2.43. The number of nitrogens with zero attached hydrogens (tertiary/aromatic N) is 2. The number of para-hydroxylation sites is 1. The normalized spacial score (nSPS) is 17.4. The van der Waals surface area contributed by atoms with Crippen LogP contribution in [-0.4, -0.2) is 36.4 Å². The molecular weight excluding hydrogens is 533 g/mol. The third kappa shape index (κ3) is 6.29. The molecule has 2 atom stereocenters. The summed E-state index contributed by atoms with van der Waals surface area (Å²) in [6.45, 7) is 0. The largest absolute Gasteiger partial charge is 0.365 e. The second-order valence-corrected chi connectivity index (χ2v) is 11.6. The number of sulfonamides is 1. The van der Waals surface area contributed by atoms with E-state index in [0.717, 1.165) is 31.7 Å². The number of hydrogen-bond acceptors (Lipinski definition) is 8. The molecule has 1 saturated carbocycles. The van der Waals surface area contributed by atoms with Crippen molar-refractivity contribution < 1.29 is 17.6 Å². The van der Waals surface area contributed by atoms with Crippen molar-refractivity contribution in [2.45, 2.75) is 43.5 Å². The number of hydrogen-bond donors (Lipinski definition) is 5. The fraction of sp³-hybridized carbons (Fsp3) is 0.250. The van der Waals surface area contributed by atoms with Crippen molar-refractivity contribution in [3.63, 3.8) is 0 Å². The fourth-order valence-electron chi connectivity index (χ4n) is 4.83. The first-order valence-electron chi connectivity index (χ1n) is 12.9. The van der Waals surface area contributed by atoms with Gasteiger partial charge < -0.3 is 22.1 Å². The van der Waals surface area contributed by atoms with E-state index in [1.165, 1.54) is 6.20 Å². The molecule has 0 saturated heterocycles. The first kappa shape index (κ1) is 27.3. The van der Waals surface area contributed by atoms with Crippen molar-refractivity contribution >= 4 is 49.8 Å². The van der Waals surface area contributed by atoms with Gasteiger partial charge in [0.2, 0.25) is 10.0 Å². The van der Waals surface area contributed by atoms with Gasteiger partial charge in [-0.1, -0.05) is 55.3 Å². The van der Waals surface area contributed by atoms with E-state index < -0.39 is 21.7 Å². The van der Waals surface area contributed by atoms with Gasteiger partial charge in [-0.05, 0) is 36.6 Å². The molecule has 10 nitrogen and oxygen atoms in total. The zero-order valence-corrected chi connectivity index (χ0v) is 22.4. The molecule has 4 aromatic rings. The van der Waals surface area contributed by atoms with Gasteiger partial charge in [-0.3, -0.25) is 14.5 Å². The van der Waals surface area contributed by atoms with Crippen LogP contribution in [0.3, 0.4) is 0 Å². The second kappa shape index (κ2) is 11.4. The Labute approximate surface area is 231 Å². The van der Waals surface area contributed by atoms with E-state index in [9.17, 15) is 17.6 Å². The molecule has 5 rings (SSSR count). The predicted molar refractivity (Wildman–Crippen MR) is 154 cm³/mol. The summed E-state index contributed by atoms with van der Waals surface area (Å²) in [5.41, 5.74) is 13.4. The fourth-order valence-corrected chi connectivity index (χ4v) is 6.04. The number of nitrogens with two attached hydrogens (primary N) is 2. The summed E-state index contributed by atoms with van der Waals surface area (Å²) in [5, 5.41) is 6.72. The lowest BCUT2D eigenvalue weighted by atomic mass is 9.91. The Morgan fingerprint density at radius 2 is 1.80 bits per heavy atom. The predicted octanol–water partition coefficient (Wildman–Crippen LogP) is 4.24. The summed E-state index contributed by atoms with van der Waals surface area (Å²) in [5.74, 6) is -1.71. The zero-order valence-electron chi connectivity index (χ0n) is 21.6. The van der Waals surface area contributed by atoms with Gasteiger partial charge in [-0.15, -0.1) is 0 Å². The Bertz CT molecular complexity index is 1650. The van der Waals surface area contributed by atoms with Gasteiger partial charge in [0, 0.05) is 17.5 Å². The van der Waals surface area contributed by atoms with E-state index in [1.54, 1.807) is 48.5 Å². The summed E-state index contributed by atoms with van der Waals surface area (Å²) in [7, 11) is -3.70. The molecule has 208 valence electrons. The SMILES string of the molecule is NC(=O)c1cc(F)c(NC2CCCC[C@@H]2N)nc1Nc1cnc2c(NS(=O)(=O)Cc3ccccc3)cccc2c1. The minimum atomic E-state index is -3.70. The van der Waals surface area contributed by atoms with Crippen LogP contribution in [0.4, 0.5) is 27.4 Å². The summed E-state index contributed by atoms with van der Waals surface area (Å²) >= 11 is 0. The molecule has 7 N–H and O–H groups in total. The number of carbonyl (C=O) groups excluding carboxylic acids is 1. The summed E-state index contributed by atoms with van der Waals surface area (Å²) in [6, 6.07) is 16.5. The van der Waals surface area contributed by atoms with Crippen LogP contribution in [-0.2, 0) is 15.8 Å². The number of nitrogens with one attached hydrogen (secondary N) is 3. The van der Waals surface area contributed by atoms with Gasteiger partial charge >= 0.3 is 0 Å². The highest BCUT2D eigenvalue weighted by molar-refractivity contribution is 7.91. The number of rotatable bonds is 9. The molecule has 1 fully saturated rings. The van der Waals surface area contributed by atoms with E-state index in [0.29, 0.717) is 27.8 Å². The van der Waals surface area contributed by atoms with Gasteiger partial charge in [0.05, 0.1) is 34.4 Å². The monoisotopic (exact) mass is 563 g/mol. The molecule has 0 aliphatic heterocycles. The van der Waals surface area contributed by atoms with Crippen molar-refractivity contribution in [3.05, 3.63) is 83.8 Å². The van der Waals surface area contributed by atoms with Crippen molar-refractivity contribution in [3.8, 4) is 0 Å². The van der Waals surface area contributed by atoms with Crippen LogP contribution in [0.5, 0.6) is 0 Å². The lowest BCUT2D eigenvalue weighted by Gasteiger charge is -2.30. The first-order valence-corrected chi connectivity index (χ1v) is 14.6. The van der Waals surface area contributed by atoms with E-state index in [-0.39, 0.29) is 35.0 Å². The number of pyridine rings is 2. The summed E-state index contributed by atoms with van der Waals surface area (Å²) in [6.07, 6.45) is 5.08. The van der Waals surface area contributed by atoms with Gasteiger partial charge in [-0.2, -0.15) is 0 Å². The molecule has 1 unspecified atom stereocenters. The Morgan fingerprint density at radius 3 is 2.55 bits per heavy atom. The summed E-state index contributed by atoms with van der Waals surface area (Å²) < 4.78 is 43.1. The first-order chi connectivity index (χ1) is 19.2. The van der Waals surface area contributed by atoms with Gasteiger partial charge in [0.1, 0.15) is 5.82 Å². The van der Waals surface area contributed by atoms with Crippen molar-refractivity contribution in [2.24, 2.45) is 11.5 Å². The topological polar surface area (TPSA) is 165 Å². The molecular formula is C28H30FN7O3S. The van der Waals surface area contributed by atoms with E-state index in [2.05, 4.69) is 25.3 Å². The van der Waals surface area contributed by atoms with Gasteiger partial charge in [0.15, 0.2) is 11.6 Å². The second-order valence-electron chi connectivity index (χ2n) is 9.85. The van der Waals surface area contributed by atoms with Crippen molar-refractivity contribution in [1.29, 1.82) is 0 Å². The minimum absolute atomic E-state index is 0.0290. The average Bonchev–Trinajstić information content (AvgIpc) is 2.91. The van der Waals surface area contributed by atoms with Crippen LogP contribution in [0.25, 0.3) is 10.9 Å². The Balaban J connectivity index is 1.41. The lowest BCUT2D eigenvalue weighted by molar-refractivity contribution is 0.100. The van der Waals surface area contributed by atoms with Crippen LogP contribution in [0.2, 0.25) is 0 Å². The molecule has 2 heterocycles. The van der Waals surface area contributed by atoms with E-state index in [1.807, 2.05) is 6.07 Å². The van der Waals surface area contributed by atoms with Crippen molar-refractivity contribution in [1.82, 2.24) is 9.97 Å². The van der Waals surface area contributed by atoms with Crippen molar-refractivity contribution in [2.75, 3.05) is 15.4 Å². The van der Waals surface area contributed by atoms with E-state index in [4.69, 9.17) is 11.5 Å². The standard InChI is InChI=1S/C28H30FN7O3S/c29-21-14-20(26(31)37)27(35-28(21)34-23-11-5-4-10-22(23)30)33-19-13-18-9-6-12-24(25(18)32-15-19)36-40(38,39)16-17-7-2-1-3-8-17/h1-3,6-9,12-15,22-23,36H,4-5,10-11,16,30H2,(H2,31,37)(H2,33,34,35)/t22-,23?/m0/s1. The molecule has 40 heavy (non-hydrogen) atoms. The number of carbonyl (C=O) groups is 1. The highest BCUT2D eigenvalue weighted by Gasteiger charge is 2.24. The maximum Gasteiger partial charge on any atom is 0.252 e. The molecule has 1 aliphatic rings. The quantitative estimate of drug-likeness (QED) is 0.202. The van der Waals surface area contributed by atoms with Gasteiger partial charge in [0.25, 0.3) is 5.91 Å². The average molecular weight is 564 g/mol. The number of primary amides is 1. The van der Waals surface area contributed by atoms with Crippen LogP contribution in [0, 0.1) is 5.82 Å². The smallest absolute Gasteiger partial charge is 0.252 e. The highest BCUT2D eigenvalue weighted by atomic mass is 32.2. The molecule has 2 aromatic heterocycles. The number of anilines is 4. The molecule has 0 bridgehead atoms. The molecule has 2 aromatic carbocycles. The number of fused-ring (bicyclic) bond motifs is 1.